The summed E-state index contributed by atoms with van der Waals surface area (Å²) in [5.74, 6) is 0.346. The lowest BCUT2D eigenvalue weighted by Gasteiger charge is -2.21. The highest BCUT2D eigenvalue weighted by Gasteiger charge is 2.32. The molecule has 0 saturated heterocycles. The van der Waals surface area contributed by atoms with Crippen molar-refractivity contribution in [2.24, 2.45) is 0 Å². The SMILES string of the molecule is CC.CC(C)(C)OC(=O)Nc1cc(C(F)(F)F)ccc1-c1cc(Oc2ccccc2NC(=S)NC=O)ncn1. The number of benzene rings is 2. The summed E-state index contributed by atoms with van der Waals surface area (Å²) in [4.78, 5) is 31.1. The predicted molar refractivity (Wildman–Crippen MR) is 146 cm³/mol. The topological polar surface area (TPSA) is 114 Å². The fraction of sp³-hybridized carbons (Fsp3) is 0.269. The molecule has 9 nitrogen and oxygen atoms in total. The second-order valence-corrected chi connectivity index (χ2v) is 8.85. The number of alkyl halides is 3. The van der Waals surface area contributed by atoms with Crippen LogP contribution in [0.5, 0.6) is 11.6 Å². The molecule has 0 aliphatic heterocycles. The van der Waals surface area contributed by atoms with Gasteiger partial charge in [0.25, 0.3) is 0 Å². The molecule has 0 radical (unpaired) electrons. The fourth-order valence-electron chi connectivity index (χ4n) is 2.99. The van der Waals surface area contributed by atoms with E-state index < -0.39 is 23.4 Å². The van der Waals surface area contributed by atoms with Crippen LogP contribution in [-0.4, -0.2) is 33.2 Å². The monoisotopic (exact) mass is 563 g/mol. The van der Waals surface area contributed by atoms with Gasteiger partial charge in [0, 0.05) is 11.6 Å². The normalized spacial score (nSPS) is 10.9. The van der Waals surface area contributed by atoms with Crippen molar-refractivity contribution in [3.63, 3.8) is 0 Å². The van der Waals surface area contributed by atoms with E-state index in [2.05, 4.69) is 25.9 Å². The summed E-state index contributed by atoms with van der Waals surface area (Å²) >= 11 is 5.00. The van der Waals surface area contributed by atoms with Crippen molar-refractivity contribution in [3.8, 4) is 22.9 Å². The number of thiocarbonyl (C=S) groups is 1. The van der Waals surface area contributed by atoms with Crippen LogP contribution in [0, 0.1) is 0 Å². The Hall–Kier alpha value is -4.26. The number of nitrogens with zero attached hydrogens (tertiary/aromatic N) is 2. The van der Waals surface area contributed by atoms with E-state index in [9.17, 15) is 22.8 Å². The lowest BCUT2D eigenvalue weighted by Crippen LogP contribution is -2.27. The number of carbonyl (C=O) groups excluding carboxylic acids is 2. The quantitative estimate of drug-likeness (QED) is 0.222. The summed E-state index contributed by atoms with van der Waals surface area (Å²) in [6.07, 6.45) is -3.99. The Bertz CT molecular complexity index is 1310. The Morgan fingerprint density at radius 1 is 0.974 bits per heavy atom. The minimum absolute atomic E-state index is 0.0389. The van der Waals surface area contributed by atoms with Crippen LogP contribution in [0.15, 0.2) is 54.9 Å². The molecular formula is C26H28F3N5O4S. The average Bonchev–Trinajstić information content (AvgIpc) is 2.85. The van der Waals surface area contributed by atoms with Crippen molar-refractivity contribution >= 4 is 41.2 Å². The highest BCUT2D eigenvalue weighted by Crippen LogP contribution is 2.37. The Morgan fingerprint density at radius 3 is 2.31 bits per heavy atom. The molecule has 1 aromatic heterocycles. The molecule has 0 aliphatic carbocycles. The van der Waals surface area contributed by atoms with E-state index in [1.807, 2.05) is 13.8 Å². The second kappa shape index (κ2) is 13.5. The maximum atomic E-state index is 13.4. The zero-order valence-electron chi connectivity index (χ0n) is 21.8. The van der Waals surface area contributed by atoms with E-state index in [0.717, 1.165) is 18.5 Å². The fourth-order valence-corrected chi connectivity index (χ4v) is 3.15. The zero-order chi connectivity index (χ0) is 29.2. The summed E-state index contributed by atoms with van der Waals surface area (Å²) < 4.78 is 51.1. The van der Waals surface area contributed by atoms with E-state index in [4.69, 9.17) is 21.7 Å². The number of rotatable bonds is 6. The van der Waals surface area contributed by atoms with Crippen LogP contribution in [0.25, 0.3) is 11.3 Å². The number of halogens is 3. The number of ether oxygens (including phenoxy) is 2. The van der Waals surface area contributed by atoms with Gasteiger partial charge in [-0.2, -0.15) is 13.2 Å². The summed E-state index contributed by atoms with van der Waals surface area (Å²) in [7, 11) is 0. The van der Waals surface area contributed by atoms with Crippen molar-refractivity contribution < 1.29 is 32.2 Å². The van der Waals surface area contributed by atoms with Gasteiger partial charge in [-0.3, -0.25) is 10.1 Å². The number of nitrogens with one attached hydrogen (secondary N) is 3. The minimum Gasteiger partial charge on any atom is -0.444 e. The molecular weight excluding hydrogens is 535 g/mol. The number of amides is 2. The Morgan fingerprint density at radius 2 is 1.67 bits per heavy atom. The molecule has 13 heteroatoms. The molecule has 3 rings (SSSR count). The molecule has 208 valence electrons. The second-order valence-electron chi connectivity index (χ2n) is 8.44. The van der Waals surface area contributed by atoms with Gasteiger partial charge in [-0.25, -0.2) is 14.8 Å². The smallest absolute Gasteiger partial charge is 0.416 e. The molecule has 0 fully saturated rings. The molecule has 1 heterocycles. The molecule has 3 aromatic rings. The molecule has 0 spiro atoms. The third-order valence-electron chi connectivity index (χ3n) is 4.44. The molecule has 0 aliphatic rings. The summed E-state index contributed by atoms with van der Waals surface area (Å²) in [6.45, 7) is 8.88. The van der Waals surface area contributed by atoms with E-state index in [1.165, 1.54) is 12.1 Å². The largest absolute Gasteiger partial charge is 0.444 e. The van der Waals surface area contributed by atoms with Crippen LogP contribution in [0.3, 0.4) is 0 Å². The van der Waals surface area contributed by atoms with Crippen molar-refractivity contribution in [2.75, 3.05) is 10.6 Å². The van der Waals surface area contributed by atoms with Gasteiger partial charge in [-0.05, 0) is 57.3 Å². The number of carbonyl (C=O) groups is 2. The van der Waals surface area contributed by atoms with Gasteiger partial charge in [0.1, 0.15) is 11.9 Å². The predicted octanol–water partition coefficient (Wildman–Crippen LogP) is 6.77. The molecule has 39 heavy (non-hydrogen) atoms. The first kappa shape index (κ1) is 31.0. The van der Waals surface area contributed by atoms with Crippen LogP contribution in [0.1, 0.15) is 40.2 Å². The lowest BCUT2D eigenvalue weighted by molar-refractivity contribution is -0.137. The number of hydrogen-bond donors (Lipinski definition) is 3. The molecule has 0 unspecified atom stereocenters. The van der Waals surface area contributed by atoms with E-state index in [1.54, 1.807) is 45.0 Å². The Balaban J connectivity index is 0.00000260. The maximum Gasteiger partial charge on any atom is 0.416 e. The lowest BCUT2D eigenvalue weighted by atomic mass is 10.1. The van der Waals surface area contributed by atoms with Crippen LogP contribution in [-0.2, 0) is 15.7 Å². The number of aromatic nitrogens is 2. The van der Waals surface area contributed by atoms with Crippen molar-refractivity contribution in [2.45, 2.75) is 46.4 Å². The molecule has 0 bridgehead atoms. The maximum absolute atomic E-state index is 13.4. The zero-order valence-corrected chi connectivity index (χ0v) is 22.7. The number of anilines is 2. The molecule has 2 amide bonds. The van der Waals surface area contributed by atoms with Crippen LogP contribution < -0.4 is 20.7 Å². The average molecular weight is 564 g/mol. The molecule has 0 saturated carbocycles. The first-order valence-corrected chi connectivity index (χ1v) is 12.1. The highest BCUT2D eigenvalue weighted by molar-refractivity contribution is 7.80. The van der Waals surface area contributed by atoms with Crippen LogP contribution >= 0.6 is 12.2 Å². The van der Waals surface area contributed by atoms with Crippen molar-refractivity contribution in [1.82, 2.24) is 15.3 Å². The van der Waals surface area contributed by atoms with Crippen LogP contribution in [0.4, 0.5) is 29.3 Å². The summed E-state index contributed by atoms with van der Waals surface area (Å²) in [5, 5.41) is 7.51. The Kier molecular flexibility index (Phi) is 10.7. The minimum atomic E-state index is -4.64. The third kappa shape index (κ3) is 9.52. The van der Waals surface area contributed by atoms with Gasteiger partial charge in [-0.15, -0.1) is 0 Å². The van der Waals surface area contributed by atoms with Crippen molar-refractivity contribution in [1.29, 1.82) is 0 Å². The van der Waals surface area contributed by atoms with Gasteiger partial charge in [-0.1, -0.05) is 32.0 Å². The molecule has 0 atom stereocenters. The van der Waals surface area contributed by atoms with Gasteiger partial charge < -0.3 is 20.1 Å². The summed E-state index contributed by atoms with van der Waals surface area (Å²) in [5.41, 5.74) is -1.23. The molecule has 3 N–H and O–H groups in total. The van der Waals surface area contributed by atoms with E-state index in [-0.39, 0.29) is 27.9 Å². The third-order valence-corrected chi connectivity index (χ3v) is 4.66. The van der Waals surface area contributed by atoms with Gasteiger partial charge in [0.15, 0.2) is 10.9 Å². The van der Waals surface area contributed by atoms with E-state index in [0.29, 0.717) is 17.8 Å². The standard InChI is InChI=1S/C24H22F3N5O4S.C2H6/c1-23(2,3)36-22(34)32-18-10-14(24(25,26)27)8-9-15(18)17-11-20(29-12-28-17)35-19-7-5-4-6-16(19)31-21(37)30-13-33;1-2/h4-13H,1-3H3,(H,32,34)(H2,30,31,33,37);1-2H3. The van der Waals surface area contributed by atoms with Crippen molar-refractivity contribution in [3.05, 3.63) is 60.4 Å². The summed E-state index contributed by atoms with van der Waals surface area (Å²) in [6, 6.07) is 10.9. The number of para-hydroxylation sites is 2. The van der Waals surface area contributed by atoms with Crippen LogP contribution in [0.2, 0.25) is 0 Å². The van der Waals surface area contributed by atoms with Gasteiger partial charge in [0.05, 0.1) is 22.6 Å². The van der Waals surface area contributed by atoms with Gasteiger partial charge in [0.2, 0.25) is 12.3 Å². The highest BCUT2D eigenvalue weighted by atomic mass is 32.1. The Labute approximate surface area is 229 Å². The van der Waals surface area contributed by atoms with Gasteiger partial charge >= 0.3 is 12.3 Å². The first-order valence-electron chi connectivity index (χ1n) is 11.7. The number of hydrogen-bond acceptors (Lipinski definition) is 7. The molecule has 2 aromatic carbocycles. The van der Waals surface area contributed by atoms with E-state index >= 15 is 0 Å². The first-order chi connectivity index (χ1) is 18.4.